The molecule has 0 bridgehead atoms. The van der Waals surface area contributed by atoms with Gasteiger partial charge in [0.05, 0.1) is 14.5 Å². The molecule has 0 aromatic heterocycles. The summed E-state index contributed by atoms with van der Waals surface area (Å²) in [5.74, 6) is -1.96. The molecule has 1 aliphatic heterocycles. The minimum atomic E-state index is -1.06. The fraction of sp³-hybridized carbons (Fsp3) is 0.429. The molecule has 1 atom stereocenters. The van der Waals surface area contributed by atoms with E-state index in [1.807, 2.05) is 0 Å². The zero-order chi connectivity index (χ0) is 10.0. The highest BCUT2D eigenvalue weighted by molar-refractivity contribution is 6.10. The number of hydrogen-bond acceptors (Lipinski definition) is 5. The molecule has 0 aromatic rings. The van der Waals surface area contributed by atoms with Crippen LogP contribution in [-0.2, 0) is 4.74 Å². The standard InChI is InChI=1S/C7H9BO5/c8-1-3-5(10)7(12)6(11)4(2-9)13-3/h4,9-12H,1-2H2. The van der Waals surface area contributed by atoms with E-state index in [1.165, 1.54) is 0 Å². The summed E-state index contributed by atoms with van der Waals surface area (Å²) in [6, 6.07) is 0. The number of aliphatic hydroxyl groups excluding tert-OH is 4. The van der Waals surface area contributed by atoms with Crippen LogP contribution in [0.5, 0.6) is 0 Å². The van der Waals surface area contributed by atoms with Crippen molar-refractivity contribution < 1.29 is 25.2 Å². The Labute approximate surface area is 76.0 Å². The molecule has 13 heavy (non-hydrogen) atoms. The van der Waals surface area contributed by atoms with Gasteiger partial charge < -0.3 is 25.2 Å². The average Bonchev–Trinajstić information content (AvgIpc) is 2.15. The van der Waals surface area contributed by atoms with Gasteiger partial charge in [-0.3, -0.25) is 0 Å². The third kappa shape index (κ3) is 1.57. The number of hydrogen-bond donors (Lipinski definition) is 4. The van der Waals surface area contributed by atoms with Gasteiger partial charge >= 0.3 is 0 Å². The minimum Gasteiger partial charge on any atom is -0.505 e. The molecule has 1 heterocycles. The SMILES string of the molecule is [B]CC1=C(O)C(O)=C(O)C(CO)O1. The molecule has 6 heteroatoms. The molecule has 0 saturated heterocycles. The molecular weight excluding hydrogens is 175 g/mol. The Kier molecular flexibility index (Phi) is 2.72. The average molecular weight is 184 g/mol. The van der Waals surface area contributed by atoms with Crippen molar-refractivity contribution in [2.45, 2.75) is 12.4 Å². The molecule has 1 aliphatic rings. The van der Waals surface area contributed by atoms with Gasteiger partial charge in [0.2, 0.25) is 5.76 Å². The molecule has 4 N–H and O–H groups in total. The maximum Gasteiger partial charge on any atom is 0.203 e. The summed E-state index contributed by atoms with van der Waals surface area (Å²) < 4.78 is 4.87. The van der Waals surface area contributed by atoms with E-state index in [9.17, 15) is 0 Å². The Hall–Kier alpha value is -1.30. The van der Waals surface area contributed by atoms with Gasteiger partial charge in [0.25, 0.3) is 0 Å². The lowest BCUT2D eigenvalue weighted by Gasteiger charge is -2.24. The van der Waals surface area contributed by atoms with E-state index < -0.39 is 30.0 Å². The van der Waals surface area contributed by atoms with Crippen molar-refractivity contribution in [1.29, 1.82) is 0 Å². The van der Waals surface area contributed by atoms with Crippen molar-refractivity contribution in [1.82, 2.24) is 0 Å². The van der Waals surface area contributed by atoms with E-state index in [-0.39, 0.29) is 12.1 Å². The summed E-state index contributed by atoms with van der Waals surface area (Å²) in [6.07, 6.45) is -1.19. The first-order valence-electron chi connectivity index (χ1n) is 3.64. The van der Waals surface area contributed by atoms with Gasteiger partial charge in [0.15, 0.2) is 17.6 Å². The third-order valence-corrected chi connectivity index (χ3v) is 1.67. The molecule has 0 amide bonds. The lowest BCUT2D eigenvalue weighted by molar-refractivity contribution is 0.0304. The van der Waals surface area contributed by atoms with E-state index in [2.05, 4.69) is 0 Å². The quantitative estimate of drug-likeness (QED) is 0.455. The van der Waals surface area contributed by atoms with E-state index >= 15 is 0 Å². The number of allylic oxidation sites excluding steroid dienone is 1. The number of ether oxygens (including phenoxy) is 1. The fourth-order valence-corrected chi connectivity index (χ4v) is 0.958. The van der Waals surface area contributed by atoms with Crippen molar-refractivity contribution in [3.05, 3.63) is 23.0 Å². The van der Waals surface area contributed by atoms with Gasteiger partial charge in [-0.25, -0.2) is 0 Å². The first-order chi connectivity index (χ1) is 6.11. The van der Waals surface area contributed by atoms with Crippen LogP contribution in [0, 0.1) is 0 Å². The van der Waals surface area contributed by atoms with E-state index in [1.54, 1.807) is 0 Å². The Morgan fingerprint density at radius 3 is 2.31 bits per heavy atom. The Balaban J connectivity index is 3.03. The van der Waals surface area contributed by atoms with Crippen LogP contribution in [0.4, 0.5) is 0 Å². The highest BCUT2D eigenvalue weighted by Gasteiger charge is 2.29. The molecule has 0 aromatic carbocycles. The van der Waals surface area contributed by atoms with Crippen LogP contribution in [-0.4, -0.2) is 41.0 Å². The lowest BCUT2D eigenvalue weighted by Crippen LogP contribution is -2.26. The molecule has 2 radical (unpaired) electrons. The zero-order valence-corrected chi connectivity index (χ0v) is 6.77. The summed E-state index contributed by atoms with van der Waals surface area (Å²) in [4.78, 5) is 0. The van der Waals surface area contributed by atoms with Gasteiger partial charge in [-0.1, -0.05) is 0 Å². The number of aliphatic hydroxyl groups is 4. The second kappa shape index (κ2) is 3.61. The van der Waals surface area contributed by atoms with Gasteiger partial charge in [-0.2, -0.15) is 0 Å². The summed E-state index contributed by atoms with van der Waals surface area (Å²) >= 11 is 0. The van der Waals surface area contributed by atoms with Crippen LogP contribution in [0.15, 0.2) is 23.0 Å². The molecule has 0 fully saturated rings. The van der Waals surface area contributed by atoms with E-state index in [0.717, 1.165) is 0 Å². The Morgan fingerprint density at radius 2 is 1.85 bits per heavy atom. The zero-order valence-electron chi connectivity index (χ0n) is 6.77. The Bertz CT molecular complexity index is 270. The number of rotatable bonds is 2. The van der Waals surface area contributed by atoms with Crippen LogP contribution in [0.3, 0.4) is 0 Å². The van der Waals surface area contributed by atoms with Crippen molar-refractivity contribution >= 4 is 7.85 Å². The molecular formula is C7H9BO5. The van der Waals surface area contributed by atoms with Crippen LogP contribution in [0.25, 0.3) is 0 Å². The van der Waals surface area contributed by atoms with Crippen LogP contribution in [0.2, 0.25) is 6.32 Å². The van der Waals surface area contributed by atoms with Crippen molar-refractivity contribution in [3.63, 3.8) is 0 Å². The smallest absolute Gasteiger partial charge is 0.203 e. The second-order valence-corrected chi connectivity index (χ2v) is 2.50. The molecule has 0 saturated carbocycles. The molecule has 1 rings (SSSR count). The Morgan fingerprint density at radius 1 is 1.23 bits per heavy atom. The monoisotopic (exact) mass is 184 g/mol. The van der Waals surface area contributed by atoms with Crippen molar-refractivity contribution in [2.24, 2.45) is 0 Å². The van der Waals surface area contributed by atoms with E-state index in [4.69, 9.17) is 33.0 Å². The largest absolute Gasteiger partial charge is 0.505 e. The summed E-state index contributed by atoms with van der Waals surface area (Å²) in [5.41, 5.74) is 0. The normalized spacial score (nSPS) is 23.3. The van der Waals surface area contributed by atoms with Crippen LogP contribution >= 0.6 is 0 Å². The molecule has 0 spiro atoms. The predicted octanol–water partition coefficient (Wildman–Crippen LogP) is 0.0615. The maximum atomic E-state index is 9.15. The molecule has 1 unspecified atom stereocenters. The fourth-order valence-electron chi connectivity index (χ4n) is 0.958. The van der Waals surface area contributed by atoms with Gasteiger partial charge in [0.1, 0.15) is 5.76 Å². The van der Waals surface area contributed by atoms with Gasteiger partial charge in [-0.05, 0) is 6.32 Å². The molecule has 0 aliphatic carbocycles. The van der Waals surface area contributed by atoms with Crippen molar-refractivity contribution in [3.8, 4) is 0 Å². The summed E-state index contributed by atoms with van der Waals surface area (Å²) in [7, 11) is 5.18. The predicted molar refractivity (Wildman–Crippen MR) is 44.5 cm³/mol. The third-order valence-electron chi connectivity index (χ3n) is 1.67. The summed E-state index contributed by atoms with van der Waals surface area (Å²) in [6.45, 7) is -0.507. The second-order valence-electron chi connectivity index (χ2n) is 2.50. The van der Waals surface area contributed by atoms with E-state index in [0.29, 0.717) is 0 Å². The maximum absolute atomic E-state index is 9.15. The molecule has 5 nitrogen and oxygen atoms in total. The van der Waals surface area contributed by atoms with Crippen LogP contribution < -0.4 is 0 Å². The minimum absolute atomic E-state index is 0.0608. The highest BCUT2D eigenvalue weighted by atomic mass is 16.5. The highest BCUT2D eigenvalue weighted by Crippen LogP contribution is 2.26. The topological polar surface area (TPSA) is 90.2 Å². The first kappa shape index (κ1) is 9.79. The summed E-state index contributed by atoms with van der Waals surface area (Å²) in [5, 5.41) is 36.1. The molecule has 70 valence electrons. The first-order valence-corrected chi connectivity index (χ1v) is 3.64. The van der Waals surface area contributed by atoms with Crippen molar-refractivity contribution in [2.75, 3.05) is 6.61 Å². The van der Waals surface area contributed by atoms with Gasteiger partial charge in [0, 0.05) is 0 Å². The lowest BCUT2D eigenvalue weighted by atomic mass is 10.00. The van der Waals surface area contributed by atoms with Crippen LogP contribution in [0.1, 0.15) is 0 Å². The van der Waals surface area contributed by atoms with Gasteiger partial charge in [-0.15, -0.1) is 0 Å².